The maximum Gasteiger partial charge on any atom is 0.238 e. The average Bonchev–Trinajstić information content (AvgIpc) is 2.26. The van der Waals surface area contributed by atoms with Crippen LogP contribution in [0.25, 0.3) is 0 Å². The fourth-order valence-corrected chi connectivity index (χ4v) is 1.11. The number of halogens is 1. The molecule has 0 aliphatic heterocycles. The van der Waals surface area contributed by atoms with Crippen molar-refractivity contribution in [2.24, 2.45) is 0 Å². The van der Waals surface area contributed by atoms with Crippen molar-refractivity contribution in [1.29, 1.82) is 0 Å². The Hall–Kier alpha value is -1.35. The van der Waals surface area contributed by atoms with Crippen molar-refractivity contribution in [3.05, 3.63) is 35.9 Å². The first-order valence-electron chi connectivity index (χ1n) is 4.61. The normalized spacial score (nSPS) is 11.9. The van der Waals surface area contributed by atoms with Crippen molar-refractivity contribution < 1.29 is 9.59 Å². The minimum absolute atomic E-state index is 0.0140. The topological polar surface area (TPSA) is 46.2 Å². The molecule has 1 aromatic rings. The van der Waals surface area contributed by atoms with Crippen LogP contribution in [0.15, 0.2) is 30.3 Å². The minimum Gasteiger partial charge on any atom is -0.347 e. The number of rotatable bonds is 4. The lowest BCUT2D eigenvalue weighted by atomic mass is 10.1. The smallest absolute Gasteiger partial charge is 0.238 e. The van der Waals surface area contributed by atoms with Gasteiger partial charge in [0.25, 0.3) is 0 Å². The summed E-state index contributed by atoms with van der Waals surface area (Å²) in [6, 6.07) is 8.80. The van der Waals surface area contributed by atoms with Gasteiger partial charge in [-0.05, 0) is 6.92 Å². The van der Waals surface area contributed by atoms with Crippen LogP contribution in [0.3, 0.4) is 0 Å². The maximum atomic E-state index is 11.5. The molecule has 0 saturated heterocycles. The third-order valence-corrected chi connectivity index (χ3v) is 2.08. The van der Waals surface area contributed by atoms with E-state index in [1.807, 2.05) is 6.07 Å². The molecule has 15 heavy (non-hydrogen) atoms. The number of hydrogen-bond donors (Lipinski definition) is 1. The fourth-order valence-electron chi connectivity index (χ4n) is 1.03. The number of nitrogens with one attached hydrogen (secondary N) is 1. The summed E-state index contributed by atoms with van der Waals surface area (Å²) in [5.41, 5.74) is 0.583. The molecule has 0 radical (unpaired) electrons. The van der Waals surface area contributed by atoms with Gasteiger partial charge in [0.1, 0.15) is 5.38 Å². The Bertz CT molecular complexity index is 349. The summed E-state index contributed by atoms with van der Waals surface area (Å²) in [7, 11) is 0. The Morgan fingerprint density at radius 3 is 2.47 bits per heavy atom. The van der Waals surface area contributed by atoms with Crippen LogP contribution in [0.2, 0.25) is 0 Å². The molecule has 1 atom stereocenters. The lowest BCUT2D eigenvalue weighted by Crippen LogP contribution is -2.34. The molecule has 0 aliphatic carbocycles. The lowest BCUT2D eigenvalue weighted by molar-refractivity contribution is -0.120. The van der Waals surface area contributed by atoms with Gasteiger partial charge in [0, 0.05) is 5.56 Å². The zero-order valence-corrected chi connectivity index (χ0v) is 9.12. The highest BCUT2D eigenvalue weighted by Gasteiger charge is 2.11. The third kappa shape index (κ3) is 3.72. The van der Waals surface area contributed by atoms with E-state index in [1.165, 1.54) is 0 Å². The maximum absolute atomic E-state index is 11.5. The molecule has 0 fully saturated rings. The van der Waals surface area contributed by atoms with Gasteiger partial charge in [-0.2, -0.15) is 0 Å². The quantitative estimate of drug-likeness (QED) is 0.625. The van der Waals surface area contributed by atoms with Crippen LogP contribution in [-0.2, 0) is 4.79 Å². The highest BCUT2D eigenvalue weighted by atomic mass is 35.5. The second-order valence-electron chi connectivity index (χ2n) is 3.12. The van der Waals surface area contributed by atoms with Crippen molar-refractivity contribution in [2.75, 3.05) is 6.54 Å². The second-order valence-corrected chi connectivity index (χ2v) is 3.78. The van der Waals surface area contributed by atoms with Crippen molar-refractivity contribution in [2.45, 2.75) is 12.3 Å². The van der Waals surface area contributed by atoms with Crippen molar-refractivity contribution >= 4 is 23.3 Å². The Labute approximate surface area is 93.4 Å². The molecule has 80 valence electrons. The number of carbonyl (C=O) groups excluding carboxylic acids is 2. The van der Waals surface area contributed by atoms with Crippen LogP contribution in [0.4, 0.5) is 0 Å². The van der Waals surface area contributed by atoms with E-state index in [2.05, 4.69) is 5.32 Å². The number of carbonyl (C=O) groups is 2. The summed E-state index contributed by atoms with van der Waals surface area (Å²) < 4.78 is 0. The van der Waals surface area contributed by atoms with Gasteiger partial charge >= 0.3 is 0 Å². The Morgan fingerprint density at radius 2 is 1.93 bits per heavy atom. The fraction of sp³-hybridized carbons (Fsp3) is 0.273. The molecule has 0 aliphatic rings. The molecular formula is C11H12ClNO2. The molecule has 0 bridgehead atoms. The number of alkyl halides is 1. The number of benzene rings is 1. The van der Waals surface area contributed by atoms with E-state index in [1.54, 1.807) is 31.2 Å². The van der Waals surface area contributed by atoms with Gasteiger partial charge in [-0.15, -0.1) is 11.6 Å². The number of amides is 1. The predicted molar refractivity (Wildman–Crippen MR) is 59.1 cm³/mol. The van der Waals surface area contributed by atoms with E-state index in [0.29, 0.717) is 5.56 Å². The summed E-state index contributed by atoms with van der Waals surface area (Å²) in [6.07, 6.45) is 0. The second kappa shape index (κ2) is 5.51. The van der Waals surface area contributed by atoms with Gasteiger partial charge in [-0.1, -0.05) is 30.3 Å². The first-order valence-corrected chi connectivity index (χ1v) is 5.05. The summed E-state index contributed by atoms with van der Waals surface area (Å²) in [4.78, 5) is 22.6. The standard InChI is InChI=1S/C11H12ClNO2/c1-8(12)11(15)13-7-10(14)9-5-3-2-4-6-9/h2-6,8H,7H2,1H3,(H,13,15)/t8-/m0/s1. The Balaban J connectivity index is 2.48. The van der Waals surface area contributed by atoms with Gasteiger partial charge in [-0.3, -0.25) is 9.59 Å². The molecule has 4 heteroatoms. The van der Waals surface area contributed by atoms with Crippen LogP contribution >= 0.6 is 11.6 Å². The van der Waals surface area contributed by atoms with E-state index in [4.69, 9.17) is 11.6 Å². The summed E-state index contributed by atoms with van der Waals surface area (Å²) in [5.74, 6) is -0.456. The molecular weight excluding hydrogens is 214 g/mol. The molecule has 1 aromatic carbocycles. The summed E-state index contributed by atoms with van der Waals surface area (Å²) in [5, 5.41) is 1.84. The van der Waals surface area contributed by atoms with E-state index in [9.17, 15) is 9.59 Å². The summed E-state index contributed by atoms with van der Waals surface area (Å²) in [6.45, 7) is 1.55. The third-order valence-electron chi connectivity index (χ3n) is 1.88. The highest BCUT2D eigenvalue weighted by molar-refractivity contribution is 6.30. The molecule has 0 unspecified atom stereocenters. The van der Waals surface area contributed by atoms with Crippen LogP contribution in [0, 0.1) is 0 Å². The van der Waals surface area contributed by atoms with Crippen LogP contribution in [-0.4, -0.2) is 23.6 Å². The zero-order valence-electron chi connectivity index (χ0n) is 8.37. The lowest BCUT2D eigenvalue weighted by Gasteiger charge is -2.05. The number of ketones is 1. The van der Waals surface area contributed by atoms with Crippen LogP contribution < -0.4 is 5.32 Å². The van der Waals surface area contributed by atoms with Gasteiger partial charge < -0.3 is 5.32 Å². The molecule has 3 nitrogen and oxygen atoms in total. The van der Waals surface area contributed by atoms with E-state index in [-0.39, 0.29) is 18.2 Å². The summed E-state index contributed by atoms with van der Waals surface area (Å²) >= 11 is 5.53. The first-order chi connectivity index (χ1) is 7.11. The van der Waals surface area contributed by atoms with E-state index >= 15 is 0 Å². The predicted octanol–water partition coefficient (Wildman–Crippen LogP) is 1.61. The van der Waals surface area contributed by atoms with Crippen molar-refractivity contribution in [3.8, 4) is 0 Å². The highest BCUT2D eigenvalue weighted by Crippen LogP contribution is 1.99. The molecule has 0 aromatic heterocycles. The SMILES string of the molecule is C[C@H](Cl)C(=O)NCC(=O)c1ccccc1. The molecule has 0 saturated carbocycles. The first kappa shape index (κ1) is 11.7. The van der Waals surface area contributed by atoms with Gasteiger partial charge in [0.15, 0.2) is 5.78 Å². The molecule has 1 N–H and O–H groups in total. The van der Waals surface area contributed by atoms with Crippen LogP contribution in [0.1, 0.15) is 17.3 Å². The zero-order chi connectivity index (χ0) is 11.3. The average molecular weight is 226 g/mol. The van der Waals surface area contributed by atoms with Crippen molar-refractivity contribution in [3.63, 3.8) is 0 Å². The molecule has 1 amide bonds. The largest absolute Gasteiger partial charge is 0.347 e. The van der Waals surface area contributed by atoms with E-state index in [0.717, 1.165) is 0 Å². The molecule has 0 heterocycles. The van der Waals surface area contributed by atoms with Gasteiger partial charge in [0.05, 0.1) is 6.54 Å². The minimum atomic E-state index is -0.617. The Morgan fingerprint density at radius 1 is 1.33 bits per heavy atom. The van der Waals surface area contributed by atoms with Crippen LogP contribution in [0.5, 0.6) is 0 Å². The van der Waals surface area contributed by atoms with E-state index < -0.39 is 5.38 Å². The van der Waals surface area contributed by atoms with Crippen molar-refractivity contribution in [1.82, 2.24) is 5.32 Å². The molecule has 0 spiro atoms. The molecule has 1 rings (SSSR count). The van der Waals surface area contributed by atoms with Gasteiger partial charge in [-0.25, -0.2) is 0 Å². The van der Waals surface area contributed by atoms with Gasteiger partial charge in [0.2, 0.25) is 5.91 Å². The number of hydrogen-bond acceptors (Lipinski definition) is 2. The number of Topliss-reactive ketones (excluding diaryl/α,β-unsaturated/α-hetero) is 1. The monoisotopic (exact) mass is 225 g/mol. The Kier molecular flexibility index (Phi) is 4.31.